The van der Waals surface area contributed by atoms with Gasteiger partial charge in [0, 0.05) is 11.0 Å². The highest BCUT2D eigenvalue weighted by molar-refractivity contribution is 7.11. The fraction of sp³-hybridized carbons (Fsp3) is 0.176. The van der Waals surface area contributed by atoms with Gasteiger partial charge in [-0.1, -0.05) is 23.7 Å². The number of carbonyl (C=O) groups is 2. The third-order valence-electron chi connectivity index (χ3n) is 3.07. The number of rotatable bonds is 5. The number of thiophene rings is 1. The van der Waals surface area contributed by atoms with Crippen LogP contribution in [-0.2, 0) is 14.3 Å². The summed E-state index contributed by atoms with van der Waals surface area (Å²) >= 11 is 7.50. The van der Waals surface area contributed by atoms with Crippen LogP contribution in [0.2, 0.25) is 5.02 Å². The number of para-hydroxylation sites is 1. The lowest BCUT2D eigenvalue weighted by Gasteiger charge is -2.13. The van der Waals surface area contributed by atoms with Gasteiger partial charge in [0.2, 0.25) is 0 Å². The summed E-state index contributed by atoms with van der Waals surface area (Å²) in [5.41, 5.74) is 1.57. The molecule has 120 valence electrons. The molecule has 6 heteroatoms. The van der Waals surface area contributed by atoms with Gasteiger partial charge in [-0.05, 0) is 49.1 Å². The van der Waals surface area contributed by atoms with E-state index in [1.54, 1.807) is 30.3 Å². The number of benzene rings is 1. The van der Waals surface area contributed by atoms with E-state index in [1.165, 1.54) is 24.3 Å². The van der Waals surface area contributed by atoms with Gasteiger partial charge in [-0.25, -0.2) is 4.79 Å². The molecule has 0 unspecified atom stereocenters. The van der Waals surface area contributed by atoms with Crippen molar-refractivity contribution >= 4 is 46.6 Å². The second-order valence-corrected chi connectivity index (χ2v) is 6.20. The number of amides is 1. The van der Waals surface area contributed by atoms with Crippen molar-refractivity contribution in [1.82, 2.24) is 0 Å². The van der Waals surface area contributed by atoms with Gasteiger partial charge in [0.1, 0.15) is 0 Å². The van der Waals surface area contributed by atoms with Gasteiger partial charge in [0.05, 0.1) is 10.7 Å². The third-order valence-corrected chi connectivity index (χ3v) is 4.38. The number of hydrogen-bond acceptors (Lipinski definition) is 4. The van der Waals surface area contributed by atoms with Crippen LogP contribution in [0.5, 0.6) is 0 Å². The minimum Gasteiger partial charge on any atom is -0.449 e. The van der Waals surface area contributed by atoms with Crippen molar-refractivity contribution in [3.05, 3.63) is 57.3 Å². The highest BCUT2D eigenvalue weighted by Crippen LogP contribution is 2.21. The standard InChI is InChI=1S/C17H16ClNO3S/c1-11-9-10-23-15(11)7-8-16(20)22-12(2)17(21)19-14-6-4-3-5-13(14)18/h3-10,12H,1-2H3,(H,19,21)/b8-7+/t12-/m0/s1. The van der Waals surface area contributed by atoms with Crippen molar-refractivity contribution in [2.45, 2.75) is 20.0 Å². The number of anilines is 1. The molecular weight excluding hydrogens is 334 g/mol. The van der Waals surface area contributed by atoms with E-state index in [1.807, 2.05) is 18.4 Å². The van der Waals surface area contributed by atoms with Crippen LogP contribution in [0.15, 0.2) is 41.8 Å². The second-order valence-electron chi connectivity index (χ2n) is 4.85. The number of nitrogens with one attached hydrogen (secondary N) is 1. The third kappa shape index (κ3) is 4.94. The van der Waals surface area contributed by atoms with Crippen LogP contribution in [0.25, 0.3) is 6.08 Å². The summed E-state index contributed by atoms with van der Waals surface area (Å²) in [5, 5.41) is 4.99. The van der Waals surface area contributed by atoms with E-state index in [4.69, 9.17) is 16.3 Å². The fourth-order valence-electron chi connectivity index (χ4n) is 1.76. The van der Waals surface area contributed by atoms with Gasteiger partial charge < -0.3 is 10.1 Å². The summed E-state index contributed by atoms with van der Waals surface area (Å²) in [6.07, 6.45) is 2.08. The molecule has 1 amide bonds. The summed E-state index contributed by atoms with van der Waals surface area (Å²) in [4.78, 5) is 24.8. The van der Waals surface area contributed by atoms with E-state index >= 15 is 0 Å². The highest BCUT2D eigenvalue weighted by atomic mass is 35.5. The molecule has 2 aromatic rings. The van der Waals surface area contributed by atoms with Gasteiger partial charge in [-0.15, -0.1) is 11.3 Å². The Bertz CT molecular complexity index is 739. The Kier molecular flexibility index (Phi) is 5.96. The molecule has 23 heavy (non-hydrogen) atoms. The van der Waals surface area contributed by atoms with E-state index in [-0.39, 0.29) is 0 Å². The lowest BCUT2D eigenvalue weighted by atomic mass is 10.3. The molecule has 0 radical (unpaired) electrons. The minimum atomic E-state index is -0.923. The summed E-state index contributed by atoms with van der Waals surface area (Å²) in [7, 11) is 0. The average Bonchev–Trinajstić information content (AvgIpc) is 2.92. The maximum absolute atomic E-state index is 12.0. The molecule has 1 aromatic carbocycles. The van der Waals surface area contributed by atoms with Gasteiger partial charge in [0.15, 0.2) is 6.10 Å². The summed E-state index contributed by atoms with van der Waals surface area (Å²) in [6.45, 7) is 3.47. The highest BCUT2D eigenvalue weighted by Gasteiger charge is 2.17. The molecule has 1 heterocycles. The molecule has 0 saturated carbocycles. The Morgan fingerprint density at radius 2 is 2.04 bits per heavy atom. The first-order valence-electron chi connectivity index (χ1n) is 6.95. The molecule has 0 spiro atoms. The Labute approximate surface area is 143 Å². The zero-order valence-electron chi connectivity index (χ0n) is 12.7. The summed E-state index contributed by atoms with van der Waals surface area (Å²) in [5.74, 6) is -1.01. The molecule has 2 rings (SSSR count). The van der Waals surface area contributed by atoms with Crippen LogP contribution < -0.4 is 5.32 Å². The molecule has 0 aliphatic carbocycles. The maximum atomic E-state index is 12.0. The molecule has 0 saturated heterocycles. The maximum Gasteiger partial charge on any atom is 0.331 e. The first-order chi connectivity index (χ1) is 11.0. The predicted molar refractivity (Wildman–Crippen MR) is 93.7 cm³/mol. The number of carbonyl (C=O) groups excluding carboxylic acids is 2. The van der Waals surface area contributed by atoms with Crippen molar-refractivity contribution in [1.29, 1.82) is 0 Å². The lowest BCUT2D eigenvalue weighted by molar-refractivity contribution is -0.148. The van der Waals surface area contributed by atoms with Gasteiger partial charge in [-0.3, -0.25) is 4.79 Å². The second kappa shape index (κ2) is 7.94. The van der Waals surface area contributed by atoms with Crippen LogP contribution in [-0.4, -0.2) is 18.0 Å². The Morgan fingerprint density at radius 3 is 2.70 bits per heavy atom. The molecule has 0 bridgehead atoms. The van der Waals surface area contributed by atoms with Crippen LogP contribution in [0.3, 0.4) is 0 Å². The largest absolute Gasteiger partial charge is 0.449 e. The van der Waals surface area contributed by atoms with E-state index in [0.717, 1.165) is 10.4 Å². The summed E-state index contributed by atoms with van der Waals surface area (Å²) < 4.78 is 5.09. The van der Waals surface area contributed by atoms with E-state index in [2.05, 4.69) is 5.32 Å². The molecule has 1 atom stereocenters. The zero-order chi connectivity index (χ0) is 16.8. The van der Waals surface area contributed by atoms with E-state index < -0.39 is 18.0 Å². The van der Waals surface area contributed by atoms with Crippen LogP contribution >= 0.6 is 22.9 Å². The van der Waals surface area contributed by atoms with Crippen molar-refractivity contribution in [2.24, 2.45) is 0 Å². The number of hydrogen-bond donors (Lipinski definition) is 1. The SMILES string of the molecule is Cc1ccsc1/C=C/C(=O)O[C@@H](C)C(=O)Nc1ccccc1Cl. The molecule has 1 aromatic heterocycles. The number of esters is 1. The van der Waals surface area contributed by atoms with Crippen LogP contribution in [0.1, 0.15) is 17.4 Å². The van der Waals surface area contributed by atoms with E-state index in [9.17, 15) is 9.59 Å². The average molecular weight is 350 g/mol. The van der Waals surface area contributed by atoms with Crippen molar-refractivity contribution < 1.29 is 14.3 Å². The molecule has 0 aliphatic rings. The van der Waals surface area contributed by atoms with E-state index in [0.29, 0.717) is 10.7 Å². The quantitative estimate of drug-likeness (QED) is 0.647. The van der Waals surface area contributed by atoms with Gasteiger partial charge >= 0.3 is 5.97 Å². The number of halogens is 1. The summed E-state index contributed by atoms with van der Waals surface area (Å²) in [6, 6.07) is 8.83. The first kappa shape index (κ1) is 17.2. The Hall–Kier alpha value is -2.11. The molecule has 0 aliphatic heterocycles. The normalized spacial score (nSPS) is 12.1. The number of ether oxygens (including phenoxy) is 1. The molecular formula is C17H16ClNO3S. The van der Waals surface area contributed by atoms with Crippen molar-refractivity contribution in [3.63, 3.8) is 0 Å². The molecule has 4 nitrogen and oxygen atoms in total. The molecule has 0 fully saturated rings. The number of aryl methyl sites for hydroxylation is 1. The topological polar surface area (TPSA) is 55.4 Å². The Balaban J connectivity index is 1.90. The predicted octanol–water partition coefficient (Wildman–Crippen LogP) is 4.29. The zero-order valence-corrected chi connectivity index (χ0v) is 14.3. The van der Waals surface area contributed by atoms with Gasteiger partial charge in [-0.2, -0.15) is 0 Å². The van der Waals surface area contributed by atoms with Crippen LogP contribution in [0.4, 0.5) is 5.69 Å². The molecule has 1 N–H and O–H groups in total. The monoisotopic (exact) mass is 349 g/mol. The smallest absolute Gasteiger partial charge is 0.331 e. The van der Waals surface area contributed by atoms with Crippen LogP contribution in [0, 0.1) is 6.92 Å². The Morgan fingerprint density at radius 1 is 1.30 bits per heavy atom. The minimum absolute atomic E-state index is 0.424. The first-order valence-corrected chi connectivity index (χ1v) is 8.21. The van der Waals surface area contributed by atoms with Crippen molar-refractivity contribution in [3.8, 4) is 0 Å². The van der Waals surface area contributed by atoms with Crippen molar-refractivity contribution in [2.75, 3.05) is 5.32 Å². The lowest BCUT2D eigenvalue weighted by Crippen LogP contribution is -2.29. The van der Waals surface area contributed by atoms with Gasteiger partial charge in [0.25, 0.3) is 5.91 Å². The fourth-order valence-corrected chi connectivity index (χ4v) is 2.77.